The molecule has 114 valence electrons. The van der Waals surface area contributed by atoms with Crippen LogP contribution in [0.5, 0.6) is 0 Å². The van der Waals surface area contributed by atoms with Gasteiger partial charge in [-0.1, -0.05) is 6.07 Å². The second-order valence-electron chi connectivity index (χ2n) is 5.32. The molecule has 1 saturated heterocycles. The molecule has 0 N–H and O–H groups in total. The zero-order valence-corrected chi connectivity index (χ0v) is 13.2. The van der Waals surface area contributed by atoms with Crippen LogP contribution in [-0.2, 0) is 0 Å². The van der Waals surface area contributed by atoms with Crippen molar-refractivity contribution in [1.29, 1.82) is 5.26 Å². The molecule has 2 heterocycles. The normalized spacial score (nSPS) is 17.2. The second kappa shape index (κ2) is 6.42. The molecule has 1 atom stereocenters. The molecule has 0 radical (unpaired) electrons. The van der Waals surface area contributed by atoms with Crippen molar-refractivity contribution in [2.75, 3.05) is 31.1 Å². The summed E-state index contributed by atoms with van der Waals surface area (Å²) in [5.41, 5.74) is 0.841. The van der Waals surface area contributed by atoms with Crippen LogP contribution in [0.4, 0.5) is 10.1 Å². The van der Waals surface area contributed by atoms with Crippen molar-refractivity contribution in [2.45, 2.75) is 13.0 Å². The van der Waals surface area contributed by atoms with Gasteiger partial charge in [0.15, 0.2) is 0 Å². The molecule has 0 aliphatic carbocycles. The Bertz CT molecular complexity index is 672. The fourth-order valence-corrected chi connectivity index (χ4v) is 3.56. The van der Waals surface area contributed by atoms with Gasteiger partial charge in [-0.15, -0.1) is 11.3 Å². The van der Waals surface area contributed by atoms with Crippen LogP contribution in [0.25, 0.3) is 0 Å². The van der Waals surface area contributed by atoms with Crippen LogP contribution in [-0.4, -0.2) is 36.1 Å². The van der Waals surface area contributed by atoms with Crippen molar-refractivity contribution in [3.05, 3.63) is 46.2 Å². The molecule has 1 aromatic carbocycles. The lowest BCUT2D eigenvalue weighted by Crippen LogP contribution is -2.47. The summed E-state index contributed by atoms with van der Waals surface area (Å²) in [7, 11) is 0. The SMILES string of the molecule is CC(c1nccs1)N1CCN(c2cccc(F)c2C#N)CC1. The maximum absolute atomic E-state index is 13.7. The van der Waals surface area contributed by atoms with Crippen LogP contribution in [0, 0.1) is 17.1 Å². The van der Waals surface area contributed by atoms with E-state index in [9.17, 15) is 4.39 Å². The first-order valence-corrected chi connectivity index (χ1v) is 8.15. The van der Waals surface area contributed by atoms with Gasteiger partial charge in [0.2, 0.25) is 0 Å². The number of aromatic nitrogens is 1. The zero-order valence-electron chi connectivity index (χ0n) is 12.4. The lowest BCUT2D eigenvalue weighted by atomic mass is 10.1. The standard InChI is InChI=1S/C16H17FN4S/c1-12(16-19-5-10-22-16)20-6-8-21(9-7-20)15-4-2-3-14(17)13(15)11-18/h2-5,10,12H,6-9H2,1H3. The summed E-state index contributed by atoms with van der Waals surface area (Å²) in [6.45, 7) is 5.49. The van der Waals surface area contributed by atoms with Crippen LogP contribution >= 0.6 is 11.3 Å². The number of anilines is 1. The van der Waals surface area contributed by atoms with E-state index in [1.165, 1.54) is 6.07 Å². The Hall–Kier alpha value is -1.97. The molecular weight excluding hydrogens is 299 g/mol. The Morgan fingerprint density at radius 2 is 2.09 bits per heavy atom. The summed E-state index contributed by atoms with van der Waals surface area (Å²) in [5, 5.41) is 12.3. The van der Waals surface area contributed by atoms with Gasteiger partial charge < -0.3 is 4.90 Å². The number of halogens is 1. The van der Waals surface area contributed by atoms with E-state index in [0.29, 0.717) is 11.7 Å². The molecule has 1 unspecified atom stereocenters. The van der Waals surface area contributed by atoms with Crippen LogP contribution in [0.15, 0.2) is 29.8 Å². The predicted octanol–water partition coefficient (Wildman–Crippen LogP) is 3.04. The van der Waals surface area contributed by atoms with Gasteiger partial charge in [0.25, 0.3) is 0 Å². The van der Waals surface area contributed by atoms with Crippen molar-refractivity contribution in [2.24, 2.45) is 0 Å². The number of rotatable bonds is 3. The third-order valence-electron chi connectivity index (χ3n) is 4.11. The maximum Gasteiger partial charge on any atom is 0.143 e. The summed E-state index contributed by atoms with van der Waals surface area (Å²) in [6, 6.07) is 7.10. The van der Waals surface area contributed by atoms with Crippen LogP contribution in [0.1, 0.15) is 23.5 Å². The molecule has 0 saturated carbocycles. The minimum atomic E-state index is -0.446. The Balaban J connectivity index is 1.70. The summed E-state index contributed by atoms with van der Waals surface area (Å²) in [4.78, 5) is 8.84. The van der Waals surface area contributed by atoms with Crippen molar-refractivity contribution in [1.82, 2.24) is 9.88 Å². The lowest BCUT2D eigenvalue weighted by molar-refractivity contribution is 0.198. The number of hydrogen-bond donors (Lipinski definition) is 0. The third kappa shape index (κ3) is 2.82. The minimum Gasteiger partial charge on any atom is -0.368 e. The van der Waals surface area contributed by atoms with E-state index in [0.717, 1.165) is 31.2 Å². The second-order valence-corrected chi connectivity index (χ2v) is 6.24. The van der Waals surface area contributed by atoms with Gasteiger partial charge in [0.05, 0.1) is 11.7 Å². The quantitative estimate of drug-likeness (QED) is 0.873. The van der Waals surface area contributed by atoms with E-state index in [2.05, 4.69) is 21.7 Å². The number of piperazine rings is 1. The van der Waals surface area contributed by atoms with E-state index in [-0.39, 0.29) is 5.56 Å². The minimum absolute atomic E-state index is 0.143. The van der Waals surface area contributed by atoms with Gasteiger partial charge in [-0.25, -0.2) is 9.37 Å². The molecule has 3 rings (SSSR count). The first-order valence-electron chi connectivity index (χ1n) is 7.27. The van der Waals surface area contributed by atoms with Gasteiger partial charge in [0, 0.05) is 37.8 Å². The van der Waals surface area contributed by atoms with Gasteiger partial charge in [-0.05, 0) is 19.1 Å². The number of benzene rings is 1. The molecule has 4 nitrogen and oxygen atoms in total. The lowest BCUT2D eigenvalue weighted by Gasteiger charge is -2.38. The largest absolute Gasteiger partial charge is 0.368 e. The van der Waals surface area contributed by atoms with E-state index in [1.54, 1.807) is 17.4 Å². The highest BCUT2D eigenvalue weighted by Gasteiger charge is 2.25. The van der Waals surface area contributed by atoms with E-state index in [1.807, 2.05) is 23.7 Å². The van der Waals surface area contributed by atoms with Gasteiger partial charge in [-0.2, -0.15) is 5.26 Å². The molecular formula is C16H17FN4S. The Morgan fingerprint density at radius 3 is 2.73 bits per heavy atom. The number of nitriles is 1. The number of thiazole rings is 1. The molecule has 0 bridgehead atoms. The molecule has 0 amide bonds. The number of nitrogens with zero attached hydrogens (tertiary/aromatic N) is 4. The highest BCUT2D eigenvalue weighted by Crippen LogP contribution is 2.27. The van der Waals surface area contributed by atoms with Crippen LogP contribution < -0.4 is 4.90 Å². The van der Waals surface area contributed by atoms with E-state index < -0.39 is 5.82 Å². The summed E-state index contributed by atoms with van der Waals surface area (Å²) >= 11 is 1.67. The molecule has 6 heteroatoms. The molecule has 1 aromatic heterocycles. The zero-order chi connectivity index (χ0) is 15.5. The maximum atomic E-state index is 13.7. The topological polar surface area (TPSA) is 43.2 Å². The van der Waals surface area contributed by atoms with Crippen LogP contribution in [0.3, 0.4) is 0 Å². The molecule has 1 aliphatic heterocycles. The molecule has 2 aromatic rings. The first-order chi connectivity index (χ1) is 10.7. The van der Waals surface area contributed by atoms with Gasteiger partial charge in [-0.3, -0.25) is 4.90 Å². The fraction of sp³-hybridized carbons (Fsp3) is 0.375. The third-order valence-corrected chi connectivity index (χ3v) is 5.06. The van der Waals surface area contributed by atoms with Crippen molar-refractivity contribution in [3.63, 3.8) is 0 Å². The highest BCUT2D eigenvalue weighted by atomic mass is 32.1. The Morgan fingerprint density at radius 1 is 1.32 bits per heavy atom. The monoisotopic (exact) mass is 316 g/mol. The fourth-order valence-electron chi connectivity index (χ4n) is 2.83. The van der Waals surface area contributed by atoms with E-state index in [4.69, 9.17) is 5.26 Å². The highest BCUT2D eigenvalue weighted by molar-refractivity contribution is 7.09. The molecule has 1 fully saturated rings. The van der Waals surface area contributed by atoms with Gasteiger partial charge >= 0.3 is 0 Å². The van der Waals surface area contributed by atoms with Crippen molar-refractivity contribution in [3.8, 4) is 6.07 Å². The predicted molar refractivity (Wildman–Crippen MR) is 85.4 cm³/mol. The van der Waals surface area contributed by atoms with Crippen LogP contribution in [0.2, 0.25) is 0 Å². The summed E-state index contributed by atoms with van der Waals surface area (Å²) in [5.74, 6) is -0.446. The summed E-state index contributed by atoms with van der Waals surface area (Å²) < 4.78 is 13.7. The smallest absolute Gasteiger partial charge is 0.143 e. The average molecular weight is 316 g/mol. The summed E-state index contributed by atoms with van der Waals surface area (Å²) in [6.07, 6.45) is 1.83. The Labute approximate surface area is 133 Å². The van der Waals surface area contributed by atoms with Crippen molar-refractivity contribution >= 4 is 17.0 Å². The molecule has 1 aliphatic rings. The first kappa shape index (κ1) is 14.9. The number of hydrogen-bond acceptors (Lipinski definition) is 5. The van der Waals surface area contributed by atoms with Gasteiger partial charge in [0.1, 0.15) is 22.5 Å². The van der Waals surface area contributed by atoms with E-state index >= 15 is 0 Å². The van der Waals surface area contributed by atoms with Crippen molar-refractivity contribution < 1.29 is 4.39 Å². The average Bonchev–Trinajstić information content (AvgIpc) is 3.08. The molecule has 0 spiro atoms. The Kier molecular flexibility index (Phi) is 4.36. The molecule has 22 heavy (non-hydrogen) atoms.